The molecule has 2 N–H and O–H groups in total. The van der Waals surface area contributed by atoms with Crippen molar-refractivity contribution in [2.24, 2.45) is 0 Å². The summed E-state index contributed by atoms with van der Waals surface area (Å²) >= 11 is 0. The number of rotatable bonds is 0. The highest BCUT2D eigenvalue weighted by molar-refractivity contribution is 6.16. The topological polar surface area (TPSA) is 87.5 Å². The van der Waals surface area contributed by atoms with Gasteiger partial charge in [0.25, 0.3) is 0 Å². The van der Waals surface area contributed by atoms with Crippen LogP contribution in [-0.4, -0.2) is 26.8 Å². The van der Waals surface area contributed by atoms with Crippen LogP contribution in [-0.2, 0) is 12.8 Å². The lowest BCUT2D eigenvalue weighted by Crippen LogP contribution is -2.25. The monoisotopic (exact) mass is 285 g/mol. The van der Waals surface area contributed by atoms with Crippen molar-refractivity contribution in [1.82, 2.24) is 4.98 Å². The number of aromatic nitrogens is 1. The number of aliphatic hydroxyl groups excluding tert-OH is 2. The molecule has 0 atom stereocenters. The van der Waals surface area contributed by atoms with E-state index >= 15 is 0 Å². The van der Waals surface area contributed by atoms with Crippen LogP contribution in [0.1, 0.15) is 50.5 Å². The van der Waals surface area contributed by atoms with Crippen LogP contribution >= 0.6 is 0 Å². The number of hydrogen-bond acceptors (Lipinski definition) is 5. The van der Waals surface area contributed by atoms with Crippen molar-refractivity contribution in [1.29, 1.82) is 0 Å². The van der Waals surface area contributed by atoms with Crippen LogP contribution < -0.4 is 0 Å². The molecule has 5 heteroatoms. The predicted molar refractivity (Wildman–Crippen MR) is 75.7 cm³/mol. The van der Waals surface area contributed by atoms with Crippen LogP contribution in [0.4, 0.5) is 0 Å². The molecule has 0 amide bonds. The summed E-state index contributed by atoms with van der Waals surface area (Å²) in [7, 11) is 0. The summed E-state index contributed by atoms with van der Waals surface area (Å²) in [5.74, 6) is -0.529. The Balaban J connectivity index is 2.24. The van der Waals surface area contributed by atoms with Crippen molar-refractivity contribution in [3.05, 3.63) is 51.7 Å². The number of aliphatic hydroxyl groups is 2. The van der Waals surface area contributed by atoms with Crippen LogP contribution in [0.15, 0.2) is 23.7 Å². The molecule has 0 aliphatic heterocycles. The van der Waals surface area contributed by atoms with Crippen molar-refractivity contribution < 1.29 is 19.8 Å². The molecule has 1 aromatic heterocycles. The largest absolute Gasteiger partial charge is 0.515 e. The number of carbonyl (C=O) groups is 2. The number of carbonyl (C=O) groups excluding carboxylic acids is 2. The van der Waals surface area contributed by atoms with E-state index in [9.17, 15) is 9.59 Å². The van der Waals surface area contributed by atoms with Crippen LogP contribution in [0.3, 0.4) is 0 Å². The Kier molecular flexibility index (Phi) is 3.12. The van der Waals surface area contributed by atoms with Crippen molar-refractivity contribution in [3.63, 3.8) is 0 Å². The molecule has 5 nitrogen and oxygen atoms in total. The Morgan fingerprint density at radius 2 is 1.29 bits per heavy atom. The lowest BCUT2D eigenvalue weighted by Gasteiger charge is -2.24. The first-order chi connectivity index (χ1) is 10.1. The second-order valence-corrected chi connectivity index (χ2v) is 5.35. The number of hydrogen-bond donors (Lipinski definition) is 2. The third kappa shape index (κ3) is 1.88. The molecule has 0 bridgehead atoms. The Bertz CT molecular complexity index is 670. The van der Waals surface area contributed by atoms with Gasteiger partial charge < -0.3 is 10.2 Å². The van der Waals surface area contributed by atoms with Crippen LogP contribution in [0, 0.1) is 6.92 Å². The van der Waals surface area contributed by atoms with Gasteiger partial charge in [0.2, 0.25) is 0 Å². The second kappa shape index (κ2) is 4.84. The predicted octanol–water partition coefficient (Wildman–Crippen LogP) is 2.53. The lowest BCUT2D eigenvalue weighted by atomic mass is 9.81. The highest BCUT2D eigenvalue weighted by atomic mass is 16.2. The molecule has 3 rings (SSSR count). The van der Waals surface area contributed by atoms with Crippen molar-refractivity contribution in [3.8, 4) is 0 Å². The van der Waals surface area contributed by atoms with Gasteiger partial charge in [0.1, 0.15) is 0 Å². The molecule has 0 aromatic carbocycles. The highest BCUT2D eigenvalue weighted by Gasteiger charge is 2.32. The van der Waals surface area contributed by atoms with Crippen LogP contribution in [0.5, 0.6) is 0 Å². The van der Waals surface area contributed by atoms with Gasteiger partial charge in [0.05, 0.1) is 23.9 Å². The van der Waals surface area contributed by atoms with E-state index in [4.69, 9.17) is 10.2 Å². The molecule has 108 valence electrons. The molecule has 0 fully saturated rings. The van der Waals surface area contributed by atoms with Crippen LogP contribution in [0.2, 0.25) is 0 Å². The molecule has 2 aliphatic carbocycles. The smallest absolute Gasteiger partial charge is 0.194 e. The molecule has 1 heterocycles. The summed E-state index contributed by atoms with van der Waals surface area (Å²) in [6.07, 6.45) is 3.76. The molecule has 0 saturated carbocycles. The molecule has 0 unspecified atom stereocenters. The Morgan fingerprint density at radius 3 is 1.67 bits per heavy atom. The van der Waals surface area contributed by atoms with Gasteiger partial charge in [-0.25, -0.2) is 0 Å². The maximum Gasteiger partial charge on any atom is 0.194 e. The average Bonchev–Trinajstić information content (AvgIpc) is 2.47. The van der Waals surface area contributed by atoms with Gasteiger partial charge in [-0.15, -0.1) is 0 Å². The SMILES string of the molecule is Cc1c2c(nc3c1C(=O)/C(=C/O)CC3)CC/C(=C/O)C2=O. The van der Waals surface area contributed by atoms with E-state index in [1.54, 1.807) is 6.92 Å². The third-order valence-corrected chi connectivity index (χ3v) is 4.21. The van der Waals surface area contributed by atoms with Gasteiger partial charge >= 0.3 is 0 Å². The molecule has 0 radical (unpaired) electrons. The summed E-state index contributed by atoms with van der Waals surface area (Å²) in [6.45, 7) is 1.73. The zero-order valence-electron chi connectivity index (χ0n) is 11.6. The van der Waals surface area contributed by atoms with E-state index in [0.29, 0.717) is 64.9 Å². The highest BCUT2D eigenvalue weighted by Crippen LogP contribution is 2.33. The quantitative estimate of drug-likeness (QED) is 0.565. The van der Waals surface area contributed by atoms with Gasteiger partial charge in [0.15, 0.2) is 11.6 Å². The van der Waals surface area contributed by atoms with E-state index < -0.39 is 0 Å². The second-order valence-electron chi connectivity index (χ2n) is 5.35. The molecular weight excluding hydrogens is 270 g/mol. The Labute approximate surface area is 121 Å². The summed E-state index contributed by atoms with van der Waals surface area (Å²) in [5, 5.41) is 18.3. The van der Waals surface area contributed by atoms with E-state index in [1.807, 2.05) is 0 Å². The van der Waals surface area contributed by atoms with Crippen molar-refractivity contribution >= 4 is 11.6 Å². The first-order valence-electron chi connectivity index (χ1n) is 6.86. The Hall–Kier alpha value is -2.43. The standard InChI is InChI=1S/C16H15NO4/c1-8-13-11(4-2-9(6-18)15(13)20)17-12-5-3-10(7-19)16(21)14(8)12/h6-7,18-19H,2-5H2,1H3/b9-6-,10-7+. The fourth-order valence-electron chi connectivity index (χ4n) is 3.10. The third-order valence-electron chi connectivity index (χ3n) is 4.21. The fraction of sp³-hybridized carbons (Fsp3) is 0.312. The average molecular weight is 285 g/mol. The Morgan fingerprint density at radius 1 is 0.857 bits per heavy atom. The van der Waals surface area contributed by atoms with Crippen molar-refractivity contribution in [2.75, 3.05) is 0 Å². The summed E-state index contributed by atoms with van der Waals surface area (Å²) in [6, 6.07) is 0. The van der Waals surface area contributed by atoms with Crippen molar-refractivity contribution in [2.45, 2.75) is 32.6 Å². The normalized spacial score (nSPS) is 21.6. The zero-order chi connectivity index (χ0) is 15.1. The lowest BCUT2D eigenvalue weighted by molar-refractivity contribution is 0.102. The van der Waals surface area contributed by atoms with Gasteiger partial charge in [-0.3, -0.25) is 14.6 Å². The van der Waals surface area contributed by atoms with Gasteiger partial charge in [-0.05, 0) is 38.2 Å². The number of allylic oxidation sites excluding steroid dienone is 2. The van der Waals surface area contributed by atoms with E-state index in [2.05, 4.69) is 4.98 Å². The minimum absolute atomic E-state index is 0.264. The van der Waals surface area contributed by atoms with E-state index in [0.717, 1.165) is 12.5 Å². The number of nitrogens with zero attached hydrogens (tertiary/aromatic N) is 1. The fourth-order valence-corrected chi connectivity index (χ4v) is 3.10. The minimum atomic E-state index is -0.264. The van der Waals surface area contributed by atoms with Crippen LogP contribution in [0.25, 0.3) is 0 Å². The molecule has 1 aromatic rings. The summed E-state index contributed by atoms with van der Waals surface area (Å²) < 4.78 is 0. The van der Waals surface area contributed by atoms with E-state index in [-0.39, 0.29) is 11.6 Å². The molecule has 21 heavy (non-hydrogen) atoms. The summed E-state index contributed by atoms with van der Waals surface area (Å²) in [4.78, 5) is 29.2. The van der Waals surface area contributed by atoms with E-state index in [1.165, 1.54) is 0 Å². The maximum atomic E-state index is 12.4. The number of Topliss-reactive ketones (excluding diaryl/α,β-unsaturated/α-hetero) is 2. The first-order valence-corrected chi connectivity index (χ1v) is 6.86. The molecule has 0 saturated heterocycles. The summed E-state index contributed by atoms with van der Waals surface area (Å²) in [5.41, 5.74) is 3.53. The number of ketones is 2. The molecule has 0 spiro atoms. The van der Waals surface area contributed by atoms with Gasteiger partial charge in [-0.1, -0.05) is 0 Å². The zero-order valence-corrected chi connectivity index (χ0v) is 11.6. The number of aryl methyl sites for hydroxylation is 2. The molecule has 2 aliphatic rings. The number of fused-ring (bicyclic) bond motifs is 2. The first kappa shape index (κ1) is 13.5. The maximum absolute atomic E-state index is 12.4. The van der Waals surface area contributed by atoms with Gasteiger partial charge in [-0.2, -0.15) is 0 Å². The minimum Gasteiger partial charge on any atom is -0.515 e. The van der Waals surface area contributed by atoms with Gasteiger partial charge in [0, 0.05) is 22.3 Å². The number of pyridine rings is 1. The molecular formula is C16H15NO4.